The zero-order valence-corrected chi connectivity index (χ0v) is 10.2. The number of hydrogen-bond donors (Lipinski definition) is 1. The summed E-state index contributed by atoms with van der Waals surface area (Å²) in [6, 6.07) is 4.90. The van der Waals surface area contributed by atoms with Crippen LogP contribution in [0.5, 0.6) is 0 Å². The topological polar surface area (TPSA) is 68.1 Å². The SMILES string of the molecule is O=[N+]([O-])c1ccc(CNc2cnccc2Cl)s1. The van der Waals surface area contributed by atoms with Crippen LogP contribution in [0, 0.1) is 10.1 Å². The zero-order chi connectivity index (χ0) is 12.3. The van der Waals surface area contributed by atoms with Gasteiger partial charge >= 0.3 is 5.00 Å². The maximum atomic E-state index is 10.5. The van der Waals surface area contributed by atoms with E-state index in [0.29, 0.717) is 17.3 Å². The summed E-state index contributed by atoms with van der Waals surface area (Å²) in [6.07, 6.45) is 3.22. The molecule has 2 aromatic rings. The highest BCUT2D eigenvalue weighted by Crippen LogP contribution is 2.26. The highest BCUT2D eigenvalue weighted by Gasteiger charge is 2.09. The molecule has 2 heterocycles. The van der Waals surface area contributed by atoms with Crippen LogP contribution in [0.15, 0.2) is 30.6 Å². The molecule has 0 atom stereocenters. The van der Waals surface area contributed by atoms with E-state index < -0.39 is 4.92 Å². The molecule has 0 spiro atoms. The fraction of sp³-hybridized carbons (Fsp3) is 0.100. The normalized spacial score (nSPS) is 10.2. The molecule has 2 rings (SSSR count). The molecule has 0 saturated carbocycles. The van der Waals surface area contributed by atoms with Crippen LogP contribution in [0.3, 0.4) is 0 Å². The quantitative estimate of drug-likeness (QED) is 0.683. The van der Waals surface area contributed by atoms with Gasteiger partial charge in [0.1, 0.15) is 0 Å². The van der Waals surface area contributed by atoms with Gasteiger partial charge in [0.25, 0.3) is 0 Å². The molecule has 0 fully saturated rings. The van der Waals surface area contributed by atoms with Crippen molar-refractivity contribution in [1.29, 1.82) is 0 Å². The molecule has 2 aromatic heterocycles. The second kappa shape index (κ2) is 5.11. The molecule has 0 aliphatic heterocycles. The number of anilines is 1. The van der Waals surface area contributed by atoms with Crippen molar-refractivity contribution in [2.45, 2.75) is 6.54 Å². The monoisotopic (exact) mass is 269 g/mol. The average Bonchev–Trinajstić information content (AvgIpc) is 2.77. The van der Waals surface area contributed by atoms with Crippen molar-refractivity contribution in [1.82, 2.24) is 4.98 Å². The van der Waals surface area contributed by atoms with Gasteiger partial charge in [0, 0.05) is 23.7 Å². The Balaban J connectivity index is 2.02. The van der Waals surface area contributed by atoms with E-state index in [4.69, 9.17) is 11.6 Å². The Morgan fingerprint density at radius 1 is 1.47 bits per heavy atom. The summed E-state index contributed by atoms with van der Waals surface area (Å²) in [7, 11) is 0. The lowest BCUT2D eigenvalue weighted by molar-refractivity contribution is -0.380. The van der Waals surface area contributed by atoms with Gasteiger partial charge in [0.05, 0.1) is 21.8 Å². The summed E-state index contributed by atoms with van der Waals surface area (Å²) in [4.78, 5) is 14.9. The minimum atomic E-state index is -0.398. The standard InChI is InChI=1S/C10H8ClN3O2S/c11-8-3-4-12-6-9(8)13-5-7-1-2-10(17-7)14(15)16/h1-4,6,13H,5H2. The van der Waals surface area contributed by atoms with E-state index in [1.165, 1.54) is 6.07 Å². The smallest absolute Gasteiger partial charge is 0.324 e. The molecule has 7 heteroatoms. The molecule has 0 aromatic carbocycles. The fourth-order valence-corrected chi connectivity index (χ4v) is 2.18. The first kappa shape index (κ1) is 11.8. The summed E-state index contributed by atoms with van der Waals surface area (Å²) in [6.45, 7) is 0.490. The summed E-state index contributed by atoms with van der Waals surface area (Å²) in [5.74, 6) is 0. The van der Waals surface area contributed by atoms with Crippen molar-refractivity contribution in [2.24, 2.45) is 0 Å². The number of nitro groups is 1. The Kier molecular flexibility index (Phi) is 3.55. The molecule has 0 amide bonds. The predicted octanol–water partition coefficient (Wildman–Crippen LogP) is 3.32. The first-order chi connectivity index (χ1) is 8.16. The van der Waals surface area contributed by atoms with Crippen molar-refractivity contribution < 1.29 is 4.92 Å². The van der Waals surface area contributed by atoms with Gasteiger partial charge < -0.3 is 5.32 Å². The minimum absolute atomic E-state index is 0.138. The zero-order valence-electron chi connectivity index (χ0n) is 8.59. The van der Waals surface area contributed by atoms with Gasteiger partial charge in [-0.05, 0) is 12.1 Å². The molecule has 17 heavy (non-hydrogen) atoms. The van der Waals surface area contributed by atoms with Crippen molar-refractivity contribution >= 4 is 33.6 Å². The van der Waals surface area contributed by atoms with Crippen molar-refractivity contribution in [2.75, 3.05) is 5.32 Å². The summed E-state index contributed by atoms with van der Waals surface area (Å²) < 4.78 is 0. The number of pyridine rings is 1. The van der Waals surface area contributed by atoms with Crippen LogP contribution in [0.4, 0.5) is 10.7 Å². The third kappa shape index (κ3) is 2.92. The van der Waals surface area contributed by atoms with E-state index in [1.807, 2.05) is 0 Å². The first-order valence-corrected chi connectivity index (χ1v) is 5.93. The van der Waals surface area contributed by atoms with E-state index in [2.05, 4.69) is 10.3 Å². The number of hydrogen-bond acceptors (Lipinski definition) is 5. The van der Waals surface area contributed by atoms with Crippen molar-refractivity contribution in [3.63, 3.8) is 0 Å². The van der Waals surface area contributed by atoms with Crippen molar-refractivity contribution in [3.05, 3.63) is 50.6 Å². The highest BCUT2D eigenvalue weighted by molar-refractivity contribution is 7.15. The first-order valence-electron chi connectivity index (χ1n) is 4.73. The summed E-state index contributed by atoms with van der Waals surface area (Å²) >= 11 is 7.08. The Morgan fingerprint density at radius 2 is 2.29 bits per heavy atom. The van der Waals surface area contributed by atoms with E-state index in [1.54, 1.807) is 24.5 Å². The van der Waals surface area contributed by atoms with E-state index in [-0.39, 0.29) is 5.00 Å². The molecular weight excluding hydrogens is 262 g/mol. The second-order valence-corrected chi connectivity index (χ2v) is 4.76. The van der Waals surface area contributed by atoms with E-state index in [9.17, 15) is 10.1 Å². The Morgan fingerprint density at radius 3 is 2.94 bits per heavy atom. The van der Waals surface area contributed by atoms with Gasteiger partial charge in [-0.1, -0.05) is 22.9 Å². The summed E-state index contributed by atoms with van der Waals surface area (Å²) in [5, 5.41) is 14.3. The van der Waals surface area contributed by atoms with Gasteiger partial charge in [0.15, 0.2) is 0 Å². The highest BCUT2D eigenvalue weighted by atomic mass is 35.5. The van der Waals surface area contributed by atoms with E-state index >= 15 is 0 Å². The average molecular weight is 270 g/mol. The largest absolute Gasteiger partial charge is 0.378 e. The van der Waals surface area contributed by atoms with Crippen LogP contribution in [0.2, 0.25) is 5.02 Å². The Labute approximate surface area is 106 Å². The van der Waals surface area contributed by atoms with Gasteiger partial charge in [-0.2, -0.15) is 0 Å². The van der Waals surface area contributed by atoms with Crippen molar-refractivity contribution in [3.8, 4) is 0 Å². The molecule has 88 valence electrons. The second-order valence-electron chi connectivity index (χ2n) is 3.21. The number of nitrogens with zero attached hydrogens (tertiary/aromatic N) is 2. The van der Waals surface area contributed by atoms with Crippen LogP contribution in [-0.4, -0.2) is 9.91 Å². The molecule has 0 bridgehead atoms. The number of aromatic nitrogens is 1. The molecule has 0 aliphatic carbocycles. The number of rotatable bonds is 4. The maximum absolute atomic E-state index is 10.5. The van der Waals surface area contributed by atoms with E-state index in [0.717, 1.165) is 16.2 Å². The molecule has 0 saturated heterocycles. The lowest BCUT2D eigenvalue weighted by Crippen LogP contribution is -1.98. The molecule has 0 radical (unpaired) electrons. The molecule has 0 aliphatic rings. The number of thiophene rings is 1. The van der Waals surface area contributed by atoms with Crippen LogP contribution < -0.4 is 5.32 Å². The van der Waals surface area contributed by atoms with Crippen LogP contribution in [0.1, 0.15) is 4.88 Å². The Bertz CT molecular complexity index is 544. The van der Waals surface area contributed by atoms with Gasteiger partial charge in [-0.15, -0.1) is 0 Å². The molecule has 0 unspecified atom stereocenters. The lowest BCUT2D eigenvalue weighted by Gasteiger charge is -2.05. The predicted molar refractivity (Wildman–Crippen MR) is 67.5 cm³/mol. The maximum Gasteiger partial charge on any atom is 0.324 e. The van der Waals surface area contributed by atoms with Crippen LogP contribution in [-0.2, 0) is 6.54 Å². The molecule has 1 N–H and O–H groups in total. The molecular formula is C10H8ClN3O2S. The van der Waals surface area contributed by atoms with Gasteiger partial charge in [0.2, 0.25) is 0 Å². The third-order valence-corrected chi connectivity index (χ3v) is 3.41. The van der Waals surface area contributed by atoms with Gasteiger partial charge in [-0.3, -0.25) is 15.1 Å². The number of nitrogens with one attached hydrogen (secondary N) is 1. The Hall–Kier alpha value is -1.66. The van der Waals surface area contributed by atoms with Gasteiger partial charge in [-0.25, -0.2) is 0 Å². The summed E-state index contributed by atoms with van der Waals surface area (Å²) in [5.41, 5.74) is 0.713. The fourth-order valence-electron chi connectivity index (χ4n) is 1.25. The van der Waals surface area contributed by atoms with Crippen LogP contribution >= 0.6 is 22.9 Å². The minimum Gasteiger partial charge on any atom is -0.378 e. The lowest BCUT2D eigenvalue weighted by atomic mass is 10.4. The third-order valence-electron chi connectivity index (χ3n) is 2.05. The molecule has 5 nitrogen and oxygen atoms in total. The van der Waals surface area contributed by atoms with Crippen LogP contribution in [0.25, 0.3) is 0 Å². The number of halogens is 1.